The second-order valence-corrected chi connectivity index (χ2v) is 6.42. The van der Waals surface area contributed by atoms with Crippen LogP contribution >= 0.6 is 12.2 Å². The fourth-order valence-corrected chi connectivity index (χ4v) is 2.95. The number of benzene rings is 2. The summed E-state index contributed by atoms with van der Waals surface area (Å²) in [4.78, 5) is 13.7. The van der Waals surface area contributed by atoms with Crippen LogP contribution < -0.4 is 5.32 Å². The van der Waals surface area contributed by atoms with Gasteiger partial charge in [0.05, 0.1) is 6.67 Å². The zero-order valence-electron chi connectivity index (χ0n) is 14.8. The van der Waals surface area contributed by atoms with Crippen molar-refractivity contribution in [1.82, 2.24) is 24.6 Å². The van der Waals surface area contributed by atoms with Gasteiger partial charge in [-0.05, 0) is 49.1 Å². The molecule has 2 aromatic carbocycles. The monoisotopic (exact) mass is 367 g/mol. The molecular formula is C19H21N5OS. The van der Waals surface area contributed by atoms with Gasteiger partial charge in [-0.25, -0.2) is 4.68 Å². The number of hydrogen-bond acceptors (Lipinski definition) is 4. The maximum atomic E-state index is 11.6. The molecule has 0 fully saturated rings. The van der Waals surface area contributed by atoms with Crippen molar-refractivity contribution in [3.63, 3.8) is 0 Å². The smallest absolute Gasteiger partial charge is 0.251 e. The number of nitrogens with zero attached hydrogens (tertiary/aromatic N) is 4. The van der Waals surface area contributed by atoms with E-state index < -0.39 is 0 Å². The first kappa shape index (κ1) is 18.0. The van der Waals surface area contributed by atoms with Gasteiger partial charge >= 0.3 is 0 Å². The predicted octanol–water partition coefficient (Wildman–Crippen LogP) is 2.85. The van der Waals surface area contributed by atoms with E-state index in [1.807, 2.05) is 66.2 Å². The van der Waals surface area contributed by atoms with Gasteiger partial charge in [0.15, 0.2) is 0 Å². The van der Waals surface area contributed by atoms with Crippen LogP contribution in [0.3, 0.4) is 0 Å². The number of carbonyl (C=O) groups excluding carboxylic acids is 1. The second kappa shape index (κ2) is 8.07. The van der Waals surface area contributed by atoms with Gasteiger partial charge in [0.2, 0.25) is 4.77 Å². The molecule has 0 aliphatic rings. The molecule has 0 bridgehead atoms. The highest BCUT2D eigenvalue weighted by atomic mass is 32.1. The Morgan fingerprint density at radius 3 is 2.50 bits per heavy atom. The number of carbonyl (C=O) groups is 1. The van der Waals surface area contributed by atoms with Crippen LogP contribution in [0, 0.1) is 4.77 Å². The number of amides is 1. The van der Waals surface area contributed by atoms with E-state index in [0.717, 1.165) is 17.8 Å². The van der Waals surface area contributed by atoms with Crippen molar-refractivity contribution >= 4 is 18.1 Å². The summed E-state index contributed by atoms with van der Waals surface area (Å²) in [5.74, 6) is -0.0809. The molecule has 0 radical (unpaired) electrons. The highest BCUT2D eigenvalue weighted by molar-refractivity contribution is 7.71. The van der Waals surface area contributed by atoms with Crippen molar-refractivity contribution in [3.8, 4) is 5.69 Å². The SMILES string of the molecule is CNC(=O)c1ccc(CN(C)Cn2ncn(-c3ccccc3)c2=S)cc1. The molecule has 1 heterocycles. The van der Waals surface area contributed by atoms with E-state index in [1.165, 1.54) is 0 Å². The number of aromatic nitrogens is 3. The molecule has 134 valence electrons. The van der Waals surface area contributed by atoms with Gasteiger partial charge < -0.3 is 5.32 Å². The number of hydrogen-bond donors (Lipinski definition) is 1. The Morgan fingerprint density at radius 1 is 1.15 bits per heavy atom. The zero-order chi connectivity index (χ0) is 18.5. The van der Waals surface area contributed by atoms with Gasteiger partial charge in [-0.3, -0.25) is 14.3 Å². The van der Waals surface area contributed by atoms with Crippen LogP contribution in [-0.2, 0) is 13.2 Å². The Hall–Kier alpha value is -2.77. The number of nitrogens with one attached hydrogen (secondary N) is 1. The zero-order valence-corrected chi connectivity index (χ0v) is 15.6. The normalized spacial score (nSPS) is 10.9. The van der Waals surface area contributed by atoms with Gasteiger partial charge in [-0.15, -0.1) is 0 Å². The third kappa shape index (κ3) is 4.07. The van der Waals surface area contributed by atoms with Crippen molar-refractivity contribution in [2.24, 2.45) is 0 Å². The second-order valence-electron chi connectivity index (χ2n) is 6.05. The Labute approximate surface area is 157 Å². The molecule has 0 saturated heterocycles. The molecule has 1 aromatic heterocycles. The van der Waals surface area contributed by atoms with Gasteiger partial charge in [0, 0.05) is 24.8 Å². The summed E-state index contributed by atoms with van der Waals surface area (Å²) in [5.41, 5.74) is 2.77. The minimum absolute atomic E-state index is 0.0809. The third-order valence-electron chi connectivity index (χ3n) is 4.04. The molecule has 7 heteroatoms. The van der Waals surface area contributed by atoms with Gasteiger partial charge in [0.1, 0.15) is 6.33 Å². The van der Waals surface area contributed by atoms with E-state index in [4.69, 9.17) is 12.2 Å². The summed E-state index contributed by atoms with van der Waals surface area (Å²) in [6.45, 7) is 1.31. The Kier molecular flexibility index (Phi) is 5.60. The molecule has 0 spiro atoms. The summed E-state index contributed by atoms with van der Waals surface area (Å²) in [7, 11) is 3.64. The van der Waals surface area contributed by atoms with Crippen LogP contribution in [-0.4, -0.2) is 39.3 Å². The van der Waals surface area contributed by atoms with E-state index >= 15 is 0 Å². The minimum Gasteiger partial charge on any atom is -0.355 e. The van der Waals surface area contributed by atoms with Crippen LogP contribution in [0.5, 0.6) is 0 Å². The van der Waals surface area contributed by atoms with E-state index in [0.29, 0.717) is 17.0 Å². The van der Waals surface area contributed by atoms with E-state index in [9.17, 15) is 4.79 Å². The molecule has 1 N–H and O–H groups in total. The average molecular weight is 367 g/mol. The van der Waals surface area contributed by atoms with E-state index in [1.54, 1.807) is 18.1 Å². The summed E-state index contributed by atoms with van der Waals surface area (Å²) in [5, 5.41) is 7.02. The van der Waals surface area contributed by atoms with Crippen LogP contribution in [0.2, 0.25) is 0 Å². The van der Waals surface area contributed by atoms with E-state index in [-0.39, 0.29) is 5.91 Å². The minimum atomic E-state index is -0.0809. The first-order valence-corrected chi connectivity index (χ1v) is 8.69. The lowest BCUT2D eigenvalue weighted by atomic mass is 10.1. The van der Waals surface area contributed by atoms with Gasteiger partial charge in [-0.1, -0.05) is 30.3 Å². The van der Waals surface area contributed by atoms with Crippen LogP contribution in [0.1, 0.15) is 15.9 Å². The predicted molar refractivity (Wildman–Crippen MR) is 104 cm³/mol. The molecule has 26 heavy (non-hydrogen) atoms. The summed E-state index contributed by atoms with van der Waals surface area (Å²) >= 11 is 5.54. The van der Waals surface area contributed by atoms with Gasteiger partial charge in [0.25, 0.3) is 5.91 Å². The Bertz CT molecular complexity index is 931. The Balaban J connectivity index is 1.67. The van der Waals surface area contributed by atoms with Crippen LogP contribution in [0.15, 0.2) is 60.9 Å². The van der Waals surface area contributed by atoms with Crippen LogP contribution in [0.4, 0.5) is 0 Å². The Morgan fingerprint density at radius 2 is 1.85 bits per heavy atom. The topological polar surface area (TPSA) is 55.1 Å². The van der Waals surface area contributed by atoms with Crippen molar-refractivity contribution in [2.75, 3.05) is 14.1 Å². The quantitative estimate of drug-likeness (QED) is 0.681. The summed E-state index contributed by atoms with van der Waals surface area (Å²) in [6, 6.07) is 17.5. The lowest BCUT2D eigenvalue weighted by molar-refractivity contribution is 0.0963. The molecule has 0 saturated carbocycles. The molecule has 0 atom stereocenters. The molecule has 0 aliphatic carbocycles. The van der Waals surface area contributed by atoms with Crippen molar-refractivity contribution in [2.45, 2.75) is 13.2 Å². The fraction of sp³-hybridized carbons (Fsp3) is 0.211. The maximum Gasteiger partial charge on any atom is 0.251 e. The standard InChI is InChI=1S/C19H21N5OS/c1-20-18(25)16-10-8-15(9-11-16)12-22(2)14-24-19(26)23(13-21-24)17-6-4-3-5-7-17/h3-11,13H,12,14H2,1-2H3,(H,20,25). The largest absolute Gasteiger partial charge is 0.355 e. The molecule has 0 unspecified atom stereocenters. The van der Waals surface area contributed by atoms with Crippen molar-refractivity contribution in [3.05, 3.63) is 76.8 Å². The molecule has 1 amide bonds. The highest BCUT2D eigenvalue weighted by Crippen LogP contribution is 2.10. The number of rotatable bonds is 6. The van der Waals surface area contributed by atoms with Crippen LogP contribution in [0.25, 0.3) is 5.69 Å². The lowest BCUT2D eigenvalue weighted by Crippen LogP contribution is -2.23. The first-order chi connectivity index (χ1) is 12.6. The first-order valence-electron chi connectivity index (χ1n) is 8.28. The average Bonchev–Trinajstić information content (AvgIpc) is 3.02. The summed E-state index contributed by atoms with van der Waals surface area (Å²) in [6.07, 6.45) is 1.74. The maximum absolute atomic E-state index is 11.6. The molecule has 3 rings (SSSR count). The molecule has 6 nitrogen and oxygen atoms in total. The molecule has 0 aliphatic heterocycles. The highest BCUT2D eigenvalue weighted by Gasteiger charge is 2.08. The fourth-order valence-electron chi connectivity index (χ4n) is 2.70. The van der Waals surface area contributed by atoms with Gasteiger partial charge in [-0.2, -0.15) is 5.10 Å². The molecule has 3 aromatic rings. The van der Waals surface area contributed by atoms with Crippen molar-refractivity contribution in [1.29, 1.82) is 0 Å². The van der Waals surface area contributed by atoms with Crippen molar-refractivity contribution < 1.29 is 4.79 Å². The lowest BCUT2D eigenvalue weighted by Gasteiger charge is -2.16. The number of para-hydroxylation sites is 1. The van der Waals surface area contributed by atoms with E-state index in [2.05, 4.69) is 15.3 Å². The molecular weight excluding hydrogens is 346 g/mol. The summed E-state index contributed by atoms with van der Waals surface area (Å²) < 4.78 is 4.33. The third-order valence-corrected chi connectivity index (χ3v) is 4.45.